The third kappa shape index (κ3) is 3.37. The third-order valence-electron chi connectivity index (χ3n) is 5.28. The Labute approximate surface area is 148 Å². The number of aromatic nitrogens is 2. The molecule has 2 heterocycles. The van der Waals surface area contributed by atoms with E-state index in [2.05, 4.69) is 14.9 Å². The lowest BCUT2D eigenvalue weighted by Gasteiger charge is -2.41. The van der Waals surface area contributed by atoms with Crippen LogP contribution in [0.15, 0.2) is 30.5 Å². The van der Waals surface area contributed by atoms with Crippen LogP contribution in [0.4, 0.5) is 0 Å². The fourth-order valence-corrected chi connectivity index (χ4v) is 4.11. The minimum Gasteiger partial charge on any atom is -0.378 e. The highest BCUT2D eigenvalue weighted by Gasteiger charge is 2.32. The number of ether oxygens (including phenoxy) is 1. The van der Waals surface area contributed by atoms with Crippen LogP contribution < -0.4 is 0 Å². The molecule has 0 bridgehead atoms. The Hall–Kier alpha value is -1.36. The Morgan fingerprint density at radius 3 is 2.71 bits per heavy atom. The molecular weight excluding hydrogens is 322 g/mol. The van der Waals surface area contributed by atoms with Crippen LogP contribution in [0.3, 0.4) is 0 Å². The van der Waals surface area contributed by atoms with E-state index in [0.29, 0.717) is 6.04 Å². The first kappa shape index (κ1) is 16.1. The summed E-state index contributed by atoms with van der Waals surface area (Å²) in [5, 5.41) is 0.752. The van der Waals surface area contributed by atoms with Crippen LogP contribution in [-0.2, 0) is 4.74 Å². The van der Waals surface area contributed by atoms with Crippen LogP contribution in [0.5, 0.6) is 0 Å². The van der Waals surface area contributed by atoms with Gasteiger partial charge in [-0.15, -0.1) is 0 Å². The Morgan fingerprint density at radius 2 is 1.92 bits per heavy atom. The van der Waals surface area contributed by atoms with E-state index in [-0.39, 0.29) is 6.04 Å². The number of nitrogens with one attached hydrogen (secondary N) is 1. The van der Waals surface area contributed by atoms with Gasteiger partial charge in [-0.2, -0.15) is 0 Å². The molecule has 1 aromatic carbocycles. The summed E-state index contributed by atoms with van der Waals surface area (Å²) in [7, 11) is 0. The normalized spacial score (nSPS) is 23.5. The molecule has 5 heteroatoms. The summed E-state index contributed by atoms with van der Waals surface area (Å²) in [5.41, 5.74) is 2.15. The lowest BCUT2D eigenvalue weighted by molar-refractivity contribution is -0.0400. The first-order valence-corrected chi connectivity index (χ1v) is 9.33. The minimum atomic E-state index is 0.239. The largest absolute Gasteiger partial charge is 0.378 e. The van der Waals surface area contributed by atoms with Gasteiger partial charge in [-0.05, 0) is 30.5 Å². The zero-order valence-corrected chi connectivity index (χ0v) is 14.6. The molecule has 4 rings (SSSR count). The van der Waals surface area contributed by atoms with Gasteiger partial charge in [-0.3, -0.25) is 4.90 Å². The van der Waals surface area contributed by atoms with Crippen LogP contribution in [0, 0.1) is 0 Å². The average molecular weight is 346 g/mol. The van der Waals surface area contributed by atoms with Gasteiger partial charge in [-0.1, -0.05) is 43.0 Å². The van der Waals surface area contributed by atoms with Crippen LogP contribution >= 0.6 is 11.6 Å². The summed E-state index contributed by atoms with van der Waals surface area (Å²) in [5.74, 6) is 1.02. The molecule has 1 unspecified atom stereocenters. The van der Waals surface area contributed by atoms with Gasteiger partial charge in [0.1, 0.15) is 5.82 Å². The van der Waals surface area contributed by atoms with Crippen LogP contribution in [0.1, 0.15) is 44.0 Å². The maximum atomic E-state index is 5.98. The molecule has 0 spiro atoms. The molecule has 2 aliphatic rings. The average Bonchev–Trinajstić information content (AvgIpc) is 3.13. The fraction of sp³-hybridized carbons (Fsp3) is 0.526. The molecule has 0 radical (unpaired) electrons. The van der Waals surface area contributed by atoms with Gasteiger partial charge in [0.15, 0.2) is 0 Å². The number of benzene rings is 1. The molecule has 1 atom stereocenters. The minimum absolute atomic E-state index is 0.239. The van der Waals surface area contributed by atoms with Crippen molar-refractivity contribution in [3.8, 4) is 11.3 Å². The van der Waals surface area contributed by atoms with E-state index >= 15 is 0 Å². The van der Waals surface area contributed by atoms with Crippen molar-refractivity contribution in [1.82, 2.24) is 14.9 Å². The number of nitrogens with zero attached hydrogens (tertiary/aromatic N) is 2. The lowest BCUT2D eigenvalue weighted by atomic mass is 9.93. The van der Waals surface area contributed by atoms with E-state index < -0.39 is 0 Å². The smallest absolute Gasteiger partial charge is 0.126 e. The third-order valence-corrected chi connectivity index (χ3v) is 5.53. The van der Waals surface area contributed by atoms with Crippen LogP contribution in [0.25, 0.3) is 11.3 Å². The van der Waals surface area contributed by atoms with Crippen molar-refractivity contribution in [2.24, 2.45) is 0 Å². The number of morpholine rings is 1. The standard InChI is InChI=1S/C19H24ClN3O/c20-15-8-6-14(7-9-15)17-12-21-19(22-17)18-13-24-11-10-23(18)16-4-2-1-3-5-16/h6-9,12,16,18H,1-5,10-11,13H2,(H,21,22). The van der Waals surface area contributed by atoms with Gasteiger partial charge in [0.05, 0.1) is 31.1 Å². The van der Waals surface area contributed by atoms with Gasteiger partial charge in [0.25, 0.3) is 0 Å². The van der Waals surface area contributed by atoms with E-state index in [4.69, 9.17) is 16.3 Å². The quantitative estimate of drug-likeness (QED) is 0.894. The van der Waals surface area contributed by atoms with Crippen LogP contribution in [0.2, 0.25) is 5.02 Å². The molecule has 1 saturated heterocycles. The number of H-pyrrole nitrogens is 1. The van der Waals surface area contributed by atoms with Gasteiger partial charge >= 0.3 is 0 Å². The monoisotopic (exact) mass is 345 g/mol. The van der Waals surface area contributed by atoms with E-state index in [9.17, 15) is 0 Å². The van der Waals surface area contributed by atoms with Crippen molar-refractivity contribution in [3.63, 3.8) is 0 Å². The summed E-state index contributed by atoms with van der Waals surface area (Å²) in [6.45, 7) is 2.56. The predicted molar refractivity (Wildman–Crippen MR) is 96.2 cm³/mol. The van der Waals surface area contributed by atoms with Crippen LogP contribution in [-0.4, -0.2) is 40.7 Å². The van der Waals surface area contributed by atoms with E-state index in [1.54, 1.807) is 0 Å². The maximum absolute atomic E-state index is 5.98. The summed E-state index contributed by atoms with van der Waals surface area (Å²) >= 11 is 5.98. The number of hydrogen-bond acceptors (Lipinski definition) is 3. The number of hydrogen-bond donors (Lipinski definition) is 1. The summed E-state index contributed by atoms with van der Waals surface area (Å²) < 4.78 is 5.77. The first-order chi connectivity index (χ1) is 11.8. The molecule has 24 heavy (non-hydrogen) atoms. The topological polar surface area (TPSA) is 41.1 Å². The SMILES string of the molecule is Clc1ccc(-c2cnc(C3COCCN3C3CCCCC3)[nH]2)cc1. The number of rotatable bonds is 3. The van der Waals surface area contributed by atoms with Crippen molar-refractivity contribution in [3.05, 3.63) is 41.3 Å². The number of halogens is 1. The van der Waals surface area contributed by atoms with Gasteiger partial charge in [-0.25, -0.2) is 4.98 Å². The number of imidazole rings is 1. The van der Waals surface area contributed by atoms with Gasteiger partial charge in [0.2, 0.25) is 0 Å². The Morgan fingerprint density at radius 1 is 1.12 bits per heavy atom. The lowest BCUT2D eigenvalue weighted by Crippen LogP contribution is -2.46. The molecule has 1 aromatic heterocycles. The highest BCUT2D eigenvalue weighted by atomic mass is 35.5. The molecule has 4 nitrogen and oxygen atoms in total. The highest BCUT2D eigenvalue weighted by Crippen LogP contribution is 2.32. The molecule has 2 fully saturated rings. The zero-order valence-electron chi connectivity index (χ0n) is 13.9. The predicted octanol–water partition coefficient (Wildman–Crippen LogP) is 4.44. The summed E-state index contributed by atoms with van der Waals surface area (Å²) in [4.78, 5) is 10.8. The molecule has 1 aliphatic carbocycles. The van der Waals surface area contributed by atoms with Crippen molar-refractivity contribution in [1.29, 1.82) is 0 Å². The Kier molecular flexibility index (Phi) is 4.88. The molecular formula is C19H24ClN3O. The highest BCUT2D eigenvalue weighted by molar-refractivity contribution is 6.30. The van der Waals surface area contributed by atoms with E-state index in [1.165, 1.54) is 32.1 Å². The van der Waals surface area contributed by atoms with Gasteiger partial charge < -0.3 is 9.72 Å². The molecule has 1 aliphatic heterocycles. The van der Waals surface area contributed by atoms with E-state index in [0.717, 1.165) is 41.9 Å². The van der Waals surface area contributed by atoms with Crippen molar-refractivity contribution in [2.75, 3.05) is 19.8 Å². The van der Waals surface area contributed by atoms with Crippen molar-refractivity contribution < 1.29 is 4.74 Å². The molecule has 128 valence electrons. The first-order valence-electron chi connectivity index (χ1n) is 8.95. The second kappa shape index (κ2) is 7.26. The zero-order chi connectivity index (χ0) is 16.4. The molecule has 0 amide bonds. The number of aromatic amines is 1. The second-order valence-electron chi connectivity index (χ2n) is 6.81. The van der Waals surface area contributed by atoms with Gasteiger partial charge in [0, 0.05) is 17.6 Å². The molecule has 1 N–H and O–H groups in total. The summed E-state index contributed by atoms with van der Waals surface area (Å²) in [6.07, 6.45) is 8.62. The molecule has 1 saturated carbocycles. The summed E-state index contributed by atoms with van der Waals surface area (Å²) in [6, 6.07) is 8.79. The second-order valence-corrected chi connectivity index (χ2v) is 7.25. The van der Waals surface area contributed by atoms with E-state index in [1.807, 2.05) is 30.5 Å². The Bertz CT molecular complexity index is 664. The molecule has 2 aromatic rings. The fourth-order valence-electron chi connectivity index (χ4n) is 3.98. The maximum Gasteiger partial charge on any atom is 0.126 e. The van der Waals surface area contributed by atoms with Crippen molar-refractivity contribution >= 4 is 11.6 Å². The Balaban J connectivity index is 1.56. The van der Waals surface area contributed by atoms with Crippen molar-refractivity contribution in [2.45, 2.75) is 44.2 Å².